The van der Waals surface area contributed by atoms with E-state index in [1.54, 1.807) is 0 Å². The van der Waals surface area contributed by atoms with Gasteiger partial charge in [-0.2, -0.15) is 0 Å². The quantitative estimate of drug-likeness (QED) is 0.0169. The van der Waals surface area contributed by atoms with Gasteiger partial charge in [0.2, 0.25) is 0 Å². The number of hydrogen-bond acceptors (Lipinski definition) is 15. The summed E-state index contributed by atoms with van der Waals surface area (Å²) in [7, 11) is -10.0. The number of allylic oxidation sites excluding steroid dienone is 36. The average Bonchev–Trinajstić information content (AvgIpc) is 0.896. The van der Waals surface area contributed by atoms with Crippen molar-refractivity contribution in [2.75, 3.05) is 39.6 Å². The van der Waals surface area contributed by atoms with Crippen LogP contribution >= 0.6 is 15.6 Å². The molecule has 0 aliphatic carbocycles. The second kappa shape index (κ2) is 78.5. The van der Waals surface area contributed by atoms with Crippen LogP contribution < -0.4 is 0 Å². The molecule has 0 rings (SSSR count). The molecule has 606 valence electrons. The van der Waals surface area contributed by atoms with Gasteiger partial charge in [-0.05, 0) is 180 Å². The van der Waals surface area contributed by atoms with Crippen LogP contribution in [-0.4, -0.2) is 96.7 Å². The monoisotopic (exact) mass is 1540 g/mol. The molecule has 17 nitrogen and oxygen atoms in total. The largest absolute Gasteiger partial charge is 0.472 e. The molecule has 0 aromatic heterocycles. The zero-order chi connectivity index (χ0) is 78.9. The summed E-state index contributed by atoms with van der Waals surface area (Å²) >= 11 is 0. The van der Waals surface area contributed by atoms with Crippen LogP contribution in [0.4, 0.5) is 0 Å². The highest BCUT2D eigenvalue weighted by atomic mass is 31.2. The SMILES string of the molecule is CC/C=C\C/C=C\C/C=C\C/C=C\C/C=C\C/C=C\CCC(=O)OCC(COP(=O)(O)OCC(O)COP(=O)(O)OCC(COC(=O)CCCC/C=C\C/C=C\C/C=C\C/C=C\CC)OC(=O)CCCC/C=C\C/C=C\C/C=C\C/C=C\CC)OC(=O)CCCCCCCC/C=C\C/C=C\C/C=C\C/C=C\CC. The Balaban J connectivity index is 5.55. The molecular formula is C89H138O17P2. The lowest BCUT2D eigenvalue weighted by Gasteiger charge is -2.21. The second-order valence-electron chi connectivity index (χ2n) is 25.5. The third-order valence-corrected chi connectivity index (χ3v) is 17.3. The molecule has 0 fully saturated rings. The van der Waals surface area contributed by atoms with Gasteiger partial charge < -0.3 is 33.8 Å². The Bertz CT molecular complexity index is 2910. The van der Waals surface area contributed by atoms with Gasteiger partial charge in [0.15, 0.2) is 12.2 Å². The molecule has 0 radical (unpaired) electrons. The first kappa shape index (κ1) is 101. The zero-order valence-electron chi connectivity index (χ0n) is 66.2. The minimum absolute atomic E-state index is 0.0214. The maximum atomic E-state index is 13.1. The average molecular weight is 1540 g/mol. The lowest BCUT2D eigenvalue weighted by molar-refractivity contribution is -0.161. The van der Waals surface area contributed by atoms with Gasteiger partial charge in [-0.1, -0.05) is 272 Å². The molecule has 19 heteroatoms. The molecule has 5 unspecified atom stereocenters. The molecule has 0 aliphatic rings. The number of carbonyl (C=O) groups is 4. The van der Waals surface area contributed by atoms with E-state index >= 15 is 0 Å². The van der Waals surface area contributed by atoms with Crippen LogP contribution in [0.25, 0.3) is 0 Å². The number of rotatable bonds is 72. The highest BCUT2D eigenvalue weighted by Crippen LogP contribution is 2.45. The van der Waals surface area contributed by atoms with Gasteiger partial charge in [-0.25, -0.2) is 9.13 Å². The van der Waals surface area contributed by atoms with E-state index in [0.29, 0.717) is 38.5 Å². The normalized spacial score (nSPS) is 15.0. The first-order valence-electron chi connectivity index (χ1n) is 40.0. The van der Waals surface area contributed by atoms with Crippen LogP contribution in [-0.2, 0) is 65.4 Å². The fourth-order valence-corrected chi connectivity index (χ4v) is 11.1. The van der Waals surface area contributed by atoms with Crippen LogP contribution in [0.5, 0.6) is 0 Å². The number of esters is 4. The van der Waals surface area contributed by atoms with E-state index in [0.717, 1.165) is 167 Å². The Labute approximate surface area is 651 Å². The first-order chi connectivity index (χ1) is 52.7. The molecular weight excluding hydrogens is 1400 g/mol. The number of phosphoric ester groups is 2. The van der Waals surface area contributed by atoms with Gasteiger partial charge in [-0.15, -0.1) is 0 Å². The molecule has 0 spiro atoms. The Morgan fingerprint density at radius 1 is 0.259 bits per heavy atom. The van der Waals surface area contributed by atoms with Crippen molar-refractivity contribution < 1.29 is 80.2 Å². The summed E-state index contributed by atoms with van der Waals surface area (Å²) in [6.45, 7) is 4.18. The predicted molar refractivity (Wildman–Crippen MR) is 445 cm³/mol. The van der Waals surface area contributed by atoms with Crippen molar-refractivity contribution in [3.05, 3.63) is 219 Å². The Morgan fingerprint density at radius 3 is 0.769 bits per heavy atom. The molecule has 0 saturated heterocycles. The molecule has 5 atom stereocenters. The molecule has 0 aliphatic heterocycles. The predicted octanol–water partition coefficient (Wildman–Crippen LogP) is 23.7. The maximum absolute atomic E-state index is 13.1. The van der Waals surface area contributed by atoms with Crippen LogP contribution in [0.3, 0.4) is 0 Å². The summed E-state index contributed by atoms with van der Waals surface area (Å²) in [5, 5.41) is 10.6. The summed E-state index contributed by atoms with van der Waals surface area (Å²) in [4.78, 5) is 73.0. The number of ether oxygens (including phenoxy) is 4. The zero-order valence-corrected chi connectivity index (χ0v) is 68.0. The molecule has 3 N–H and O–H groups in total. The molecule has 0 saturated carbocycles. The Hall–Kier alpha value is -6.62. The van der Waals surface area contributed by atoms with Crippen molar-refractivity contribution in [2.45, 2.75) is 277 Å². The number of carbonyl (C=O) groups excluding carboxylic acids is 4. The standard InChI is InChI=1S/C89H138O17P2/c1-5-9-13-17-21-25-29-33-37-39-41-43-47-50-54-58-62-66-70-74-87(92)100-80-85(106-89(94)76-72-68-64-60-56-52-48-44-42-40-38-34-30-26-22-18-14-10-6-2)82-104-108(97,98)102-78-83(90)77-101-107(95,96)103-81-84(105-88(93)75-71-67-63-59-55-51-46-36-32-28-24-20-16-12-8-4)79-99-86(91)73-69-65-61-57-53-49-45-35-31-27-23-19-15-11-7-3/h9-16,21-28,33-38,41-46,50,53-55,57,59,62,66,83-85,90H,5-8,17-20,29-32,39-40,47-49,51-52,56,58,60-61,63-65,67-82H2,1-4H3,(H,95,96)(H,97,98)/b13-9-,14-10-,15-11-,16-12-,25-21-,26-22-,27-23-,28-24-,37-33-,38-34-,43-41-,44-42-,45-35-,46-36-,54-50-,57-53-,59-55-,66-62-. The van der Waals surface area contributed by atoms with Crippen molar-refractivity contribution in [1.82, 2.24) is 0 Å². The van der Waals surface area contributed by atoms with E-state index in [4.69, 9.17) is 37.0 Å². The fourth-order valence-electron chi connectivity index (χ4n) is 9.51. The van der Waals surface area contributed by atoms with Crippen LogP contribution in [0.15, 0.2) is 219 Å². The van der Waals surface area contributed by atoms with E-state index in [1.807, 2.05) is 24.3 Å². The van der Waals surface area contributed by atoms with Crippen molar-refractivity contribution in [3.8, 4) is 0 Å². The van der Waals surface area contributed by atoms with Crippen LogP contribution in [0.2, 0.25) is 0 Å². The Kier molecular flexibility index (Phi) is 73.7. The smallest absolute Gasteiger partial charge is 0.462 e. The molecule has 0 heterocycles. The number of phosphoric acid groups is 2. The van der Waals surface area contributed by atoms with Crippen molar-refractivity contribution in [1.29, 1.82) is 0 Å². The van der Waals surface area contributed by atoms with Gasteiger partial charge in [0.25, 0.3) is 0 Å². The van der Waals surface area contributed by atoms with E-state index in [9.17, 15) is 43.2 Å². The molecule has 108 heavy (non-hydrogen) atoms. The van der Waals surface area contributed by atoms with E-state index < -0.39 is 97.5 Å². The highest BCUT2D eigenvalue weighted by Gasteiger charge is 2.30. The van der Waals surface area contributed by atoms with Gasteiger partial charge in [0.1, 0.15) is 19.3 Å². The number of aliphatic hydroxyl groups excluding tert-OH is 1. The van der Waals surface area contributed by atoms with E-state index in [-0.39, 0.29) is 25.7 Å². The number of aliphatic hydroxyl groups is 1. The van der Waals surface area contributed by atoms with Crippen molar-refractivity contribution in [2.24, 2.45) is 0 Å². The van der Waals surface area contributed by atoms with Gasteiger partial charge >= 0.3 is 39.5 Å². The second-order valence-corrected chi connectivity index (χ2v) is 28.4. The number of unbranched alkanes of at least 4 members (excludes halogenated alkanes) is 10. The molecule has 0 aromatic rings. The minimum atomic E-state index is -5.02. The first-order valence-corrected chi connectivity index (χ1v) is 43.0. The summed E-state index contributed by atoms with van der Waals surface area (Å²) in [6, 6.07) is 0. The third-order valence-electron chi connectivity index (χ3n) is 15.4. The summed E-state index contributed by atoms with van der Waals surface area (Å²) < 4.78 is 68.5. The minimum Gasteiger partial charge on any atom is -0.462 e. The highest BCUT2D eigenvalue weighted by molar-refractivity contribution is 7.47. The summed E-state index contributed by atoms with van der Waals surface area (Å²) in [6.07, 6.45) is 99.4. The lowest BCUT2D eigenvalue weighted by Crippen LogP contribution is -2.30. The van der Waals surface area contributed by atoms with Gasteiger partial charge in [0, 0.05) is 25.7 Å². The molecule has 0 bridgehead atoms. The van der Waals surface area contributed by atoms with Gasteiger partial charge in [-0.3, -0.25) is 37.3 Å². The summed E-state index contributed by atoms with van der Waals surface area (Å²) in [5.74, 6) is -2.41. The van der Waals surface area contributed by atoms with E-state index in [2.05, 4.69) is 222 Å². The summed E-state index contributed by atoms with van der Waals surface area (Å²) in [5.41, 5.74) is 0. The molecule has 0 amide bonds. The van der Waals surface area contributed by atoms with Crippen LogP contribution in [0, 0.1) is 0 Å². The van der Waals surface area contributed by atoms with Crippen molar-refractivity contribution in [3.63, 3.8) is 0 Å². The molecule has 0 aromatic carbocycles. The number of hydrogen-bond donors (Lipinski definition) is 3. The third kappa shape index (κ3) is 77.5. The van der Waals surface area contributed by atoms with Gasteiger partial charge in [0.05, 0.1) is 26.4 Å². The Morgan fingerprint density at radius 2 is 0.472 bits per heavy atom. The fraction of sp³-hybridized carbons (Fsp3) is 0.551. The topological polar surface area (TPSA) is 237 Å². The van der Waals surface area contributed by atoms with E-state index in [1.165, 1.54) is 0 Å². The van der Waals surface area contributed by atoms with Crippen LogP contribution in [0.1, 0.15) is 259 Å². The van der Waals surface area contributed by atoms with Crippen molar-refractivity contribution >= 4 is 39.5 Å². The maximum Gasteiger partial charge on any atom is 0.472 e. The lowest BCUT2D eigenvalue weighted by atomic mass is 10.1.